The zero-order valence-electron chi connectivity index (χ0n) is 18.6. The molecule has 5 atom stereocenters. The van der Waals surface area contributed by atoms with Crippen molar-refractivity contribution in [3.05, 3.63) is 112 Å². The van der Waals surface area contributed by atoms with Gasteiger partial charge in [-0.3, -0.25) is 10.1 Å². The summed E-state index contributed by atoms with van der Waals surface area (Å²) in [5.74, 6) is -0.231. The SMILES string of the molecule is O=[N+]([O-])c1ccccc1S[C@@H]1C[C@H]2[C@@H](c3c(ccc4ccccc34)N[C@H]2c2ccccc2F)[C@@H]1Cl. The van der Waals surface area contributed by atoms with E-state index in [9.17, 15) is 14.5 Å². The maximum Gasteiger partial charge on any atom is 0.282 e. The Morgan fingerprint density at radius 3 is 2.54 bits per heavy atom. The lowest BCUT2D eigenvalue weighted by molar-refractivity contribution is -0.387. The summed E-state index contributed by atoms with van der Waals surface area (Å²) in [4.78, 5) is 11.9. The minimum Gasteiger partial charge on any atom is -0.378 e. The van der Waals surface area contributed by atoms with Crippen molar-refractivity contribution in [1.82, 2.24) is 0 Å². The van der Waals surface area contributed by atoms with E-state index in [4.69, 9.17) is 11.6 Å². The van der Waals surface area contributed by atoms with Gasteiger partial charge in [-0.05, 0) is 46.9 Å². The normalized spacial score (nSPS) is 25.0. The minimum atomic E-state index is -0.347. The molecule has 1 heterocycles. The topological polar surface area (TPSA) is 55.2 Å². The molecule has 1 N–H and O–H groups in total. The fourth-order valence-electron chi connectivity index (χ4n) is 5.80. The number of hydrogen-bond acceptors (Lipinski definition) is 4. The third-order valence-corrected chi connectivity index (χ3v) is 9.40. The lowest BCUT2D eigenvalue weighted by atomic mass is 9.75. The van der Waals surface area contributed by atoms with E-state index in [0.717, 1.165) is 22.0 Å². The van der Waals surface area contributed by atoms with Gasteiger partial charge in [-0.15, -0.1) is 23.4 Å². The molecule has 176 valence electrons. The van der Waals surface area contributed by atoms with Crippen LogP contribution in [-0.2, 0) is 0 Å². The maximum absolute atomic E-state index is 15.0. The molecule has 35 heavy (non-hydrogen) atoms. The predicted molar refractivity (Wildman–Crippen MR) is 140 cm³/mol. The summed E-state index contributed by atoms with van der Waals surface area (Å²) in [5, 5.41) is 17.2. The van der Waals surface area contributed by atoms with E-state index in [1.165, 1.54) is 23.9 Å². The highest BCUT2D eigenvalue weighted by molar-refractivity contribution is 8.00. The van der Waals surface area contributed by atoms with E-state index in [1.54, 1.807) is 18.2 Å². The van der Waals surface area contributed by atoms with E-state index < -0.39 is 0 Å². The monoisotopic (exact) mass is 504 g/mol. The molecular formula is C28H22ClFN2O2S. The van der Waals surface area contributed by atoms with E-state index in [2.05, 4.69) is 29.6 Å². The average Bonchev–Trinajstić information content (AvgIpc) is 3.19. The van der Waals surface area contributed by atoms with Gasteiger partial charge < -0.3 is 5.32 Å². The molecule has 0 unspecified atom stereocenters. The van der Waals surface area contributed by atoms with Gasteiger partial charge in [-0.2, -0.15) is 0 Å². The van der Waals surface area contributed by atoms with Crippen molar-refractivity contribution in [1.29, 1.82) is 0 Å². The van der Waals surface area contributed by atoms with Gasteiger partial charge in [0.2, 0.25) is 0 Å². The van der Waals surface area contributed by atoms with Crippen LogP contribution < -0.4 is 5.32 Å². The second-order valence-corrected chi connectivity index (χ2v) is 10.9. The number of hydrogen-bond donors (Lipinski definition) is 1. The van der Waals surface area contributed by atoms with Crippen LogP contribution in [0, 0.1) is 21.8 Å². The molecule has 1 saturated carbocycles. The largest absolute Gasteiger partial charge is 0.378 e. The second-order valence-electron chi connectivity index (χ2n) is 9.14. The van der Waals surface area contributed by atoms with Crippen LogP contribution in [0.1, 0.15) is 29.5 Å². The van der Waals surface area contributed by atoms with E-state index in [0.29, 0.717) is 16.9 Å². The number of thioether (sulfide) groups is 1. The Kier molecular flexibility index (Phi) is 5.66. The summed E-state index contributed by atoms with van der Waals surface area (Å²) in [7, 11) is 0. The number of nitrogens with zero attached hydrogens (tertiary/aromatic N) is 1. The number of fused-ring (bicyclic) bond motifs is 5. The summed E-state index contributed by atoms with van der Waals surface area (Å²) in [6.45, 7) is 0. The van der Waals surface area contributed by atoms with Crippen LogP contribution in [0.15, 0.2) is 89.8 Å². The van der Waals surface area contributed by atoms with Gasteiger partial charge in [-0.25, -0.2) is 4.39 Å². The first kappa shape index (κ1) is 22.4. The summed E-state index contributed by atoms with van der Waals surface area (Å²) in [5.41, 5.74) is 2.85. The zero-order valence-corrected chi connectivity index (χ0v) is 20.2. The molecule has 7 heteroatoms. The molecule has 1 aliphatic carbocycles. The van der Waals surface area contributed by atoms with Crippen molar-refractivity contribution >= 4 is 45.5 Å². The van der Waals surface area contributed by atoms with Crippen LogP contribution in [0.2, 0.25) is 0 Å². The number of benzene rings is 4. The number of nitro benzene ring substituents is 1. The van der Waals surface area contributed by atoms with Crippen molar-refractivity contribution in [3.63, 3.8) is 0 Å². The third kappa shape index (κ3) is 3.76. The molecule has 0 aromatic heterocycles. The molecule has 6 rings (SSSR count). The molecule has 0 bridgehead atoms. The molecule has 4 aromatic rings. The summed E-state index contributed by atoms with van der Waals surface area (Å²) in [6, 6.07) is 25.8. The van der Waals surface area contributed by atoms with Gasteiger partial charge in [0.1, 0.15) is 5.82 Å². The first-order valence-electron chi connectivity index (χ1n) is 11.6. The lowest BCUT2D eigenvalue weighted by Gasteiger charge is -2.39. The number of anilines is 1. The van der Waals surface area contributed by atoms with Gasteiger partial charge in [0.25, 0.3) is 5.69 Å². The Balaban J connectivity index is 1.47. The smallest absolute Gasteiger partial charge is 0.282 e. The summed E-state index contributed by atoms with van der Waals surface area (Å²) < 4.78 is 15.0. The van der Waals surface area contributed by atoms with Crippen LogP contribution in [0.3, 0.4) is 0 Å². The lowest BCUT2D eigenvalue weighted by Crippen LogP contribution is -2.31. The Hall–Kier alpha value is -3.09. The molecule has 1 fully saturated rings. The number of halogens is 2. The van der Waals surface area contributed by atoms with E-state index >= 15 is 0 Å². The number of nitro groups is 1. The van der Waals surface area contributed by atoms with Crippen LogP contribution in [0.25, 0.3) is 10.8 Å². The van der Waals surface area contributed by atoms with Gasteiger partial charge >= 0.3 is 0 Å². The average molecular weight is 505 g/mol. The summed E-state index contributed by atoms with van der Waals surface area (Å²) in [6.07, 6.45) is 0.713. The van der Waals surface area contributed by atoms with Crippen molar-refractivity contribution in [2.45, 2.75) is 33.9 Å². The standard InChI is InChI=1S/C28H22ClFN2O2S/c29-27-24(35-23-12-6-5-11-22(23)32(33)34)15-19-26(27)25-17-8-2-1-7-16(17)13-14-21(25)31-28(19)18-9-3-4-10-20(18)30/h1-14,19,24,26-28,31H,15H2/t19-,24+,26-,27+,28-/m0/s1. The third-order valence-electron chi connectivity index (χ3n) is 7.29. The van der Waals surface area contributed by atoms with E-state index in [-0.39, 0.29) is 44.9 Å². The Morgan fingerprint density at radius 1 is 0.971 bits per heavy atom. The molecule has 2 aliphatic rings. The first-order valence-corrected chi connectivity index (χ1v) is 12.9. The molecule has 0 amide bonds. The fourth-order valence-corrected chi connectivity index (χ4v) is 7.74. The van der Waals surface area contributed by atoms with Crippen LogP contribution >= 0.6 is 23.4 Å². The Bertz CT molecular complexity index is 1450. The highest BCUT2D eigenvalue weighted by Crippen LogP contribution is 2.59. The van der Waals surface area contributed by atoms with Gasteiger partial charge in [0, 0.05) is 28.5 Å². The van der Waals surface area contributed by atoms with Gasteiger partial charge in [0.15, 0.2) is 0 Å². The molecular weight excluding hydrogens is 483 g/mol. The molecule has 0 spiro atoms. The predicted octanol–water partition coefficient (Wildman–Crippen LogP) is 7.93. The molecule has 0 radical (unpaired) electrons. The quantitative estimate of drug-likeness (QED) is 0.174. The highest BCUT2D eigenvalue weighted by Gasteiger charge is 2.51. The highest BCUT2D eigenvalue weighted by atomic mass is 35.5. The number of para-hydroxylation sites is 1. The zero-order chi connectivity index (χ0) is 24.1. The number of rotatable bonds is 4. The second kappa shape index (κ2) is 8.85. The number of nitrogens with one attached hydrogen (secondary N) is 1. The molecule has 4 nitrogen and oxygen atoms in total. The van der Waals surface area contributed by atoms with Crippen molar-refractivity contribution < 1.29 is 9.31 Å². The molecule has 0 saturated heterocycles. The van der Waals surface area contributed by atoms with Crippen molar-refractivity contribution in [2.24, 2.45) is 5.92 Å². The van der Waals surface area contributed by atoms with Crippen LogP contribution in [-0.4, -0.2) is 15.6 Å². The van der Waals surface area contributed by atoms with E-state index in [1.807, 2.05) is 30.3 Å². The van der Waals surface area contributed by atoms with Crippen LogP contribution in [0.5, 0.6) is 0 Å². The summed E-state index contributed by atoms with van der Waals surface area (Å²) >= 11 is 8.71. The molecule has 4 aromatic carbocycles. The van der Waals surface area contributed by atoms with Gasteiger partial charge in [-0.1, -0.05) is 60.7 Å². The van der Waals surface area contributed by atoms with Gasteiger partial charge in [0.05, 0.1) is 21.2 Å². The minimum absolute atomic E-state index is 0.0242. The number of alkyl halides is 1. The van der Waals surface area contributed by atoms with Crippen LogP contribution in [0.4, 0.5) is 15.8 Å². The maximum atomic E-state index is 15.0. The van der Waals surface area contributed by atoms with Crippen molar-refractivity contribution in [3.8, 4) is 0 Å². The fraction of sp³-hybridized carbons (Fsp3) is 0.214. The Labute approximate surface area is 211 Å². The van der Waals surface area contributed by atoms with Crippen molar-refractivity contribution in [2.75, 3.05) is 5.32 Å². The molecule has 1 aliphatic heterocycles. The first-order chi connectivity index (χ1) is 17.0. The Morgan fingerprint density at radius 2 is 1.71 bits per heavy atom.